The summed E-state index contributed by atoms with van der Waals surface area (Å²) in [6, 6.07) is 5.33. The number of fused-ring (bicyclic) bond motifs is 1. The van der Waals surface area contributed by atoms with E-state index >= 15 is 0 Å². The molecule has 0 radical (unpaired) electrons. The molecule has 2 amide bonds. The molecule has 0 unspecified atom stereocenters. The maximum absolute atomic E-state index is 13.0. The number of rotatable bonds is 4. The zero-order valence-corrected chi connectivity index (χ0v) is 18.6. The van der Waals surface area contributed by atoms with Crippen LogP contribution in [0.5, 0.6) is 5.75 Å². The third kappa shape index (κ3) is 4.13. The van der Waals surface area contributed by atoms with Crippen molar-refractivity contribution in [3.63, 3.8) is 0 Å². The molecule has 7 nitrogen and oxygen atoms in total. The van der Waals surface area contributed by atoms with Gasteiger partial charge in [0.1, 0.15) is 11.4 Å². The van der Waals surface area contributed by atoms with Crippen LogP contribution in [-0.2, 0) is 9.59 Å². The van der Waals surface area contributed by atoms with E-state index < -0.39 is 11.1 Å². The first kappa shape index (κ1) is 21.0. The lowest BCUT2D eigenvalue weighted by atomic mass is 9.89. The van der Waals surface area contributed by atoms with Crippen LogP contribution in [0, 0.1) is 11.8 Å². The van der Waals surface area contributed by atoms with E-state index in [9.17, 15) is 9.59 Å². The largest absolute Gasteiger partial charge is 0.487 e. The number of ether oxygens (including phenoxy) is 1. The number of nitrogens with zero attached hydrogens (tertiary/aromatic N) is 2. The molecule has 0 aromatic heterocycles. The number of aliphatic imine (C=N–C) groups is 1. The van der Waals surface area contributed by atoms with Crippen LogP contribution in [0.4, 0.5) is 0 Å². The summed E-state index contributed by atoms with van der Waals surface area (Å²) < 4.78 is 6.04. The minimum Gasteiger partial charge on any atom is -0.487 e. The van der Waals surface area contributed by atoms with Crippen molar-refractivity contribution in [3.8, 4) is 5.75 Å². The first-order valence-corrected chi connectivity index (χ1v) is 10.8. The van der Waals surface area contributed by atoms with Gasteiger partial charge >= 0.3 is 0 Å². The monoisotopic (exact) mass is 432 g/mol. The number of benzene rings is 1. The molecule has 1 aliphatic carbocycles. The van der Waals surface area contributed by atoms with Gasteiger partial charge in [0, 0.05) is 29.5 Å². The second-order valence-electron chi connectivity index (χ2n) is 9.84. The van der Waals surface area contributed by atoms with Crippen molar-refractivity contribution >= 4 is 29.4 Å². The highest BCUT2D eigenvalue weighted by molar-refractivity contribution is 6.31. The molecular formula is C22H29ClN4O3. The van der Waals surface area contributed by atoms with E-state index in [1.165, 1.54) is 4.90 Å². The Morgan fingerprint density at radius 2 is 2.10 bits per heavy atom. The van der Waals surface area contributed by atoms with Gasteiger partial charge in [-0.1, -0.05) is 17.7 Å². The van der Waals surface area contributed by atoms with Gasteiger partial charge in [0.05, 0.1) is 18.0 Å². The molecule has 0 bridgehead atoms. The van der Waals surface area contributed by atoms with E-state index in [1.54, 1.807) is 0 Å². The summed E-state index contributed by atoms with van der Waals surface area (Å²) in [5.74, 6) is 0.843. The fraction of sp³-hybridized carbons (Fsp3) is 0.591. The molecule has 3 N–H and O–H groups in total. The molecule has 3 aliphatic rings. The Morgan fingerprint density at radius 3 is 2.80 bits per heavy atom. The van der Waals surface area contributed by atoms with Gasteiger partial charge in [-0.2, -0.15) is 0 Å². The van der Waals surface area contributed by atoms with Crippen LogP contribution in [0.3, 0.4) is 0 Å². The third-order valence-corrected chi connectivity index (χ3v) is 6.34. The summed E-state index contributed by atoms with van der Waals surface area (Å²) in [4.78, 5) is 31.4. The Hall–Kier alpha value is -2.28. The molecule has 1 fully saturated rings. The molecule has 3 atom stereocenters. The number of hydrogen-bond donors (Lipinski definition) is 2. The fourth-order valence-corrected chi connectivity index (χ4v) is 4.78. The number of guanidine groups is 1. The van der Waals surface area contributed by atoms with Gasteiger partial charge in [0.15, 0.2) is 5.96 Å². The number of amides is 2. The van der Waals surface area contributed by atoms with E-state index in [0.29, 0.717) is 30.2 Å². The van der Waals surface area contributed by atoms with Gasteiger partial charge in [-0.05, 0) is 52.2 Å². The van der Waals surface area contributed by atoms with Crippen molar-refractivity contribution in [1.82, 2.24) is 10.2 Å². The molecule has 1 aromatic carbocycles. The molecule has 162 valence electrons. The van der Waals surface area contributed by atoms with Gasteiger partial charge in [-0.15, -0.1) is 0 Å². The van der Waals surface area contributed by atoms with Crippen LogP contribution < -0.4 is 15.8 Å². The van der Waals surface area contributed by atoms with E-state index in [4.69, 9.17) is 22.1 Å². The molecule has 0 saturated heterocycles. The molecule has 30 heavy (non-hydrogen) atoms. The summed E-state index contributed by atoms with van der Waals surface area (Å²) in [5, 5.41) is 3.76. The molecule has 0 spiro atoms. The molecule has 8 heteroatoms. The van der Waals surface area contributed by atoms with Crippen LogP contribution in [0.2, 0.25) is 5.02 Å². The minimum atomic E-state index is -0.472. The Kier molecular flexibility index (Phi) is 5.00. The second-order valence-corrected chi connectivity index (χ2v) is 10.3. The van der Waals surface area contributed by atoms with Crippen molar-refractivity contribution in [2.24, 2.45) is 22.6 Å². The zero-order valence-electron chi connectivity index (χ0n) is 17.9. The lowest BCUT2D eigenvalue weighted by molar-refractivity contribution is -0.130. The topological polar surface area (TPSA) is 97.0 Å². The number of carbonyl (C=O) groups excluding carboxylic acids is 2. The van der Waals surface area contributed by atoms with Crippen molar-refractivity contribution in [2.45, 2.75) is 64.1 Å². The molecule has 2 aliphatic heterocycles. The molecule has 4 rings (SSSR count). The summed E-state index contributed by atoms with van der Waals surface area (Å²) >= 11 is 6.42. The summed E-state index contributed by atoms with van der Waals surface area (Å²) in [7, 11) is 0. The van der Waals surface area contributed by atoms with Gasteiger partial charge < -0.3 is 15.8 Å². The molecule has 2 heterocycles. The van der Waals surface area contributed by atoms with Crippen LogP contribution in [0.15, 0.2) is 23.2 Å². The highest BCUT2D eigenvalue weighted by atomic mass is 35.5. The van der Waals surface area contributed by atoms with Crippen molar-refractivity contribution < 1.29 is 14.3 Å². The van der Waals surface area contributed by atoms with Gasteiger partial charge in [-0.25, -0.2) is 4.99 Å². The predicted octanol–water partition coefficient (Wildman–Crippen LogP) is 3.02. The SMILES string of the molecule is CC1(C)CC(=O)N(C[C@H]2C[C@@H]2C(=O)N[C@H]2CC(C)(C)Oc3cccc(Cl)c32)C(N)=N1. The number of nitrogens with one attached hydrogen (secondary N) is 1. The van der Waals surface area contributed by atoms with Crippen LogP contribution in [0.25, 0.3) is 0 Å². The highest BCUT2D eigenvalue weighted by Crippen LogP contribution is 2.45. The highest BCUT2D eigenvalue weighted by Gasteiger charge is 2.47. The predicted molar refractivity (Wildman–Crippen MR) is 115 cm³/mol. The van der Waals surface area contributed by atoms with Crippen molar-refractivity contribution in [1.29, 1.82) is 0 Å². The normalized spacial score (nSPS) is 28.8. The lowest BCUT2D eigenvalue weighted by Crippen LogP contribution is -2.50. The van der Waals surface area contributed by atoms with Gasteiger partial charge in [0.2, 0.25) is 11.8 Å². The Morgan fingerprint density at radius 1 is 1.37 bits per heavy atom. The Bertz CT molecular complexity index is 927. The number of halogens is 1. The van der Waals surface area contributed by atoms with Gasteiger partial charge in [0.25, 0.3) is 0 Å². The summed E-state index contributed by atoms with van der Waals surface area (Å²) in [6.45, 7) is 8.21. The van der Waals surface area contributed by atoms with Gasteiger partial charge in [-0.3, -0.25) is 14.5 Å². The van der Waals surface area contributed by atoms with E-state index in [0.717, 1.165) is 12.0 Å². The number of carbonyl (C=O) groups is 2. The smallest absolute Gasteiger partial charge is 0.231 e. The molecule has 1 saturated carbocycles. The average Bonchev–Trinajstić information content (AvgIpc) is 3.35. The first-order valence-electron chi connectivity index (χ1n) is 10.4. The molecule has 1 aromatic rings. The van der Waals surface area contributed by atoms with Crippen molar-refractivity contribution in [3.05, 3.63) is 28.8 Å². The number of hydrogen-bond acceptors (Lipinski definition) is 5. The number of nitrogens with two attached hydrogens (primary N) is 1. The average molecular weight is 433 g/mol. The fourth-order valence-electron chi connectivity index (χ4n) is 4.48. The Labute approximate surface area is 182 Å². The maximum Gasteiger partial charge on any atom is 0.231 e. The zero-order chi connectivity index (χ0) is 21.8. The van der Waals surface area contributed by atoms with Crippen molar-refractivity contribution in [2.75, 3.05) is 6.54 Å². The second kappa shape index (κ2) is 7.15. The van der Waals surface area contributed by atoms with Crippen LogP contribution in [-0.4, -0.2) is 40.4 Å². The van der Waals surface area contributed by atoms with Crippen LogP contribution >= 0.6 is 11.6 Å². The maximum atomic E-state index is 13.0. The quantitative estimate of drug-likeness (QED) is 0.764. The Balaban J connectivity index is 1.42. The van der Waals surface area contributed by atoms with E-state index in [-0.39, 0.29) is 35.7 Å². The van der Waals surface area contributed by atoms with E-state index in [1.807, 2.05) is 45.9 Å². The standard InChI is InChI=1S/C22H29ClN4O3/c1-21(2)10-17(28)27(20(24)26-21)11-12-8-13(12)19(29)25-15-9-22(3,4)30-16-7-5-6-14(23)18(15)16/h5-7,12-13,15H,8-11H2,1-4H3,(H2,24,26)(H,25,29)/t12-,13+,15+/m1/s1. The first-order chi connectivity index (χ1) is 14.0. The minimum absolute atomic E-state index is 0.0196. The molecular weight excluding hydrogens is 404 g/mol. The summed E-state index contributed by atoms with van der Waals surface area (Å²) in [6.07, 6.45) is 1.68. The lowest BCUT2D eigenvalue weighted by Gasteiger charge is -2.38. The van der Waals surface area contributed by atoms with E-state index in [2.05, 4.69) is 10.3 Å². The third-order valence-electron chi connectivity index (χ3n) is 6.01. The summed E-state index contributed by atoms with van der Waals surface area (Å²) in [5.41, 5.74) is 5.97. The van der Waals surface area contributed by atoms with Crippen LogP contribution in [0.1, 0.15) is 58.6 Å².